The highest BCUT2D eigenvalue weighted by molar-refractivity contribution is 7.92. The van der Waals surface area contributed by atoms with Gasteiger partial charge in [-0.2, -0.15) is 0 Å². The van der Waals surface area contributed by atoms with E-state index in [1.54, 1.807) is 31.2 Å². The van der Waals surface area contributed by atoms with E-state index in [4.69, 9.17) is 4.74 Å². The number of ether oxygens (including phenoxy) is 1. The predicted octanol–water partition coefficient (Wildman–Crippen LogP) is 3.11. The zero-order chi connectivity index (χ0) is 19.5. The van der Waals surface area contributed by atoms with Crippen molar-refractivity contribution in [1.29, 1.82) is 0 Å². The van der Waals surface area contributed by atoms with Gasteiger partial charge in [-0.1, -0.05) is 17.7 Å². The van der Waals surface area contributed by atoms with E-state index in [-0.39, 0.29) is 0 Å². The van der Waals surface area contributed by atoms with Gasteiger partial charge in [-0.3, -0.25) is 9.10 Å². The van der Waals surface area contributed by atoms with Crippen LogP contribution in [0.4, 0.5) is 11.4 Å². The Labute approximate surface area is 154 Å². The number of sulfonamides is 1. The SMILES string of the molecule is COc1ccc(N([C@@H](C)C(=O)Nc2ccc(C)cc2C)S(C)(=O)=O)cc1. The topological polar surface area (TPSA) is 75.7 Å². The van der Waals surface area contributed by atoms with Crippen molar-refractivity contribution in [3.05, 3.63) is 53.6 Å². The number of methoxy groups -OCH3 is 1. The Kier molecular flexibility index (Phi) is 5.92. The summed E-state index contributed by atoms with van der Waals surface area (Å²) in [5.41, 5.74) is 3.07. The van der Waals surface area contributed by atoms with Crippen LogP contribution in [0.25, 0.3) is 0 Å². The standard InChI is InChI=1S/C19H24N2O4S/c1-13-6-11-18(14(2)12-13)20-19(22)15(3)21(26(5,23)24)16-7-9-17(25-4)10-8-16/h6-12,15H,1-5H3,(H,20,22)/t15-/m0/s1. The Bertz CT molecular complexity index is 892. The predicted molar refractivity (Wildman–Crippen MR) is 104 cm³/mol. The molecule has 0 unspecified atom stereocenters. The average Bonchev–Trinajstić information content (AvgIpc) is 2.56. The van der Waals surface area contributed by atoms with Gasteiger partial charge in [-0.25, -0.2) is 8.42 Å². The van der Waals surface area contributed by atoms with Gasteiger partial charge < -0.3 is 10.1 Å². The molecule has 6 nitrogen and oxygen atoms in total. The molecule has 0 aliphatic heterocycles. The summed E-state index contributed by atoms with van der Waals surface area (Å²) in [7, 11) is -2.13. The largest absolute Gasteiger partial charge is 0.497 e. The van der Waals surface area contributed by atoms with Crippen LogP contribution in [0.15, 0.2) is 42.5 Å². The first kappa shape index (κ1) is 19.8. The maximum Gasteiger partial charge on any atom is 0.248 e. The molecule has 0 fully saturated rings. The van der Waals surface area contributed by atoms with Crippen LogP contribution in [-0.4, -0.2) is 33.7 Å². The Balaban J connectivity index is 2.30. The highest BCUT2D eigenvalue weighted by Gasteiger charge is 2.29. The molecule has 0 aliphatic carbocycles. The fourth-order valence-electron chi connectivity index (χ4n) is 2.73. The molecule has 2 aromatic rings. The van der Waals surface area contributed by atoms with Crippen molar-refractivity contribution in [2.24, 2.45) is 0 Å². The number of nitrogens with zero attached hydrogens (tertiary/aromatic N) is 1. The fraction of sp³-hybridized carbons (Fsp3) is 0.316. The van der Waals surface area contributed by atoms with Crippen LogP contribution in [0.5, 0.6) is 5.75 Å². The van der Waals surface area contributed by atoms with Gasteiger partial charge in [0.1, 0.15) is 11.8 Å². The minimum atomic E-state index is -3.66. The summed E-state index contributed by atoms with van der Waals surface area (Å²) in [4.78, 5) is 12.7. The lowest BCUT2D eigenvalue weighted by molar-refractivity contribution is -0.116. The van der Waals surface area contributed by atoms with Crippen LogP contribution in [0.1, 0.15) is 18.1 Å². The zero-order valence-electron chi connectivity index (χ0n) is 15.6. The van der Waals surface area contributed by atoms with Crippen LogP contribution >= 0.6 is 0 Å². The molecule has 2 aromatic carbocycles. The quantitative estimate of drug-likeness (QED) is 0.840. The lowest BCUT2D eigenvalue weighted by atomic mass is 10.1. The highest BCUT2D eigenvalue weighted by Crippen LogP contribution is 2.25. The van der Waals surface area contributed by atoms with Crippen LogP contribution in [-0.2, 0) is 14.8 Å². The summed E-state index contributed by atoms with van der Waals surface area (Å²) >= 11 is 0. The van der Waals surface area contributed by atoms with Gasteiger partial charge in [0.05, 0.1) is 19.1 Å². The molecular formula is C19H24N2O4S. The van der Waals surface area contributed by atoms with E-state index < -0.39 is 22.0 Å². The van der Waals surface area contributed by atoms with Crippen molar-refractivity contribution in [3.63, 3.8) is 0 Å². The first-order valence-corrected chi connectivity index (χ1v) is 10.00. The van der Waals surface area contributed by atoms with Gasteiger partial charge in [0.25, 0.3) is 0 Å². The van der Waals surface area contributed by atoms with E-state index in [1.807, 2.05) is 32.0 Å². The van der Waals surface area contributed by atoms with E-state index in [9.17, 15) is 13.2 Å². The fourth-order valence-corrected chi connectivity index (χ4v) is 3.90. The molecule has 2 rings (SSSR count). The highest BCUT2D eigenvalue weighted by atomic mass is 32.2. The van der Waals surface area contributed by atoms with Crippen molar-refractivity contribution in [2.75, 3.05) is 23.0 Å². The second-order valence-corrected chi connectivity index (χ2v) is 8.10. The lowest BCUT2D eigenvalue weighted by Crippen LogP contribution is -2.45. The third-order valence-electron chi connectivity index (χ3n) is 4.06. The molecule has 140 valence electrons. The van der Waals surface area contributed by atoms with E-state index in [0.717, 1.165) is 21.7 Å². The minimum Gasteiger partial charge on any atom is -0.497 e. The second-order valence-electron chi connectivity index (χ2n) is 6.24. The molecule has 7 heteroatoms. The Morgan fingerprint density at radius 1 is 1.12 bits per heavy atom. The van der Waals surface area contributed by atoms with Gasteiger partial charge in [0.15, 0.2) is 0 Å². The maximum atomic E-state index is 12.7. The Morgan fingerprint density at radius 3 is 2.23 bits per heavy atom. The molecule has 0 spiro atoms. The normalized spacial score (nSPS) is 12.3. The van der Waals surface area contributed by atoms with Gasteiger partial charge in [0.2, 0.25) is 15.9 Å². The van der Waals surface area contributed by atoms with E-state index in [1.165, 1.54) is 7.11 Å². The molecule has 1 atom stereocenters. The summed E-state index contributed by atoms with van der Waals surface area (Å²) in [6.07, 6.45) is 1.08. The van der Waals surface area contributed by atoms with Crippen molar-refractivity contribution in [2.45, 2.75) is 26.8 Å². The lowest BCUT2D eigenvalue weighted by Gasteiger charge is -2.28. The summed E-state index contributed by atoms with van der Waals surface area (Å²) in [6, 6.07) is 11.3. The molecule has 0 aliphatic rings. The van der Waals surface area contributed by atoms with Crippen molar-refractivity contribution < 1.29 is 17.9 Å². The van der Waals surface area contributed by atoms with E-state index in [2.05, 4.69) is 5.32 Å². The first-order valence-electron chi connectivity index (χ1n) is 8.15. The molecule has 0 bridgehead atoms. The number of nitrogens with one attached hydrogen (secondary N) is 1. The molecule has 26 heavy (non-hydrogen) atoms. The van der Waals surface area contributed by atoms with Gasteiger partial charge >= 0.3 is 0 Å². The number of hydrogen-bond acceptors (Lipinski definition) is 4. The molecule has 0 radical (unpaired) electrons. The minimum absolute atomic E-state index is 0.400. The summed E-state index contributed by atoms with van der Waals surface area (Å²) < 4.78 is 30.8. The van der Waals surface area contributed by atoms with Crippen LogP contribution in [0, 0.1) is 13.8 Å². The van der Waals surface area contributed by atoms with Crippen molar-refractivity contribution in [3.8, 4) is 5.75 Å². The van der Waals surface area contributed by atoms with Gasteiger partial charge in [-0.05, 0) is 56.7 Å². The molecule has 0 saturated heterocycles. The number of aryl methyl sites for hydroxylation is 2. The molecular weight excluding hydrogens is 352 g/mol. The van der Waals surface area contributed by atoms with Crippen LogP contribution in [0.2, 0.25) is 0 Å². The second kappa shape index (κ2) is 7.78. The average molecular weight is 376 g/mol. The third-order valence-corrected chi connectivity index (χ3v) is 5.30. The number of carbonyl (C=O) groups excluding carboxylic acids is 1. The number of anilines is 2. The molecule has 1 N–H and O–H groups in total. The van der Waals surface area contributed by atoms with Crippen LogP contribution < -0.4 is 14.4 Å². The first-order chi connectivity index (χ1) is 12.1. The number of benzene rings is 2. The molecule has 0 aromatic heterocycles. The monoisotopic (exact) mass is 376 g/mol. The van der Waals surface area contributed by atoms with Gasteiger partial charge in [0, 0.05) is 5.69 Å². The molecule has 0 heterocycles. The summed E-state index contributed by atoms with van der Waals surface area (Å²) in [6.45, 7) is 5.42. The number of amides is 1. The van der Waals surface area contributed by atoms with E-state index >= 15 is 0 Å². The number of rotatable bonds is 6. The molecule has 1 amide bonds. The Hall–Kier alpha value is -2.54. The Morgan fingerprint density at radius 2 is 1.73 bits per heavy atom. The maximum absolute atomic E-state index is 12.7. The number of carbonyl (C=O) groups is 1. The van der Waals surface area contributed by atoms with Crippen molar-refractivity contribution >= 4 is 27.3 Å². The number of hydrogen-bond donors (Lipinski definition) is 1. The summed E-state index contributed by atoms with van der Waals surface area (Å²) in [5, 5.41) is 2.81. The summed E-state index contributed by atoms with van der Waals surface area (Å²) in [5.74, 6) is 0.202. The van der Waals surface area contributed by atoms with Crippen molar-refractivity contribution in [1.82, 2.24) is 0 Å². The smallest absolute Gasteiger partial charge is 0.248 e. The van der Waals surface area contributed by atoms with Gasteiger partial charge in [-0.15, -0.1) is 0 Å². The van der Waals surface area contributed by atoms with E-state index in [0.29, 0.717) is 17.1 Å². The zero-order valence-corrected chi connectivity index (χ0v) is 16.4. The van der Waals surface area contributed by atoms with Crippen LogP contribution in [0.3, 0.4) is 0 Å². The third kappa shape index (κ3) is 4.54. The molecule has 0 saturated carbocycles.